The van der Waals surface area contributed by atoms with Gasteiger partial charge < -0.3 is 4.74 Å². The number of benzene rings is 1. The van der Waals surface area contributed by atoms with E-state index in [2.05, 4.69) is 15.4 Å². The fourth-order valence-electron chi connectivity index (χ4n) is 1.89. The van der Waals surface area contributed by atoms with Gasteiger partial charge in [0.15, 0.2) is 0 Å². The van der Waals surface area contributed by atoms with Gasteiger partial charge in [-0.15, -0.1) is 0 Å². The van der Waals surface area contributed by atoms with E-state index in [1.165, 1.54) is 31.6 Å². The molecule has 3 N–H and O–H groups in total. The van der Waals surface area contributed by atoms with E-state index in [0.717, 1.165) is 12.1 Å². The van der Waals surface area contributed by atoms with Crippen molar-refractivity contribution in [2.75, 3.05) is 7.11 Å². The number of hydrazine groups is 1. The second kappa shape index (κ2) is 6.06. The molecule has 8 heteroatoms. The molecule has 1 aromatic carbocycles. The van der Waals surface area contributed by atoms with Gasteiger partial charge in [0.2, 0.25) is 5.88 Å². The van der Waals surface area contributed by atoms with Crippen molar-refractivity contribution in [2.45, 2.75) is 12.2 Å². The van der Waals surface area contributed by atoms with E-state index in [9.17, 15) is 13.2 Å². The number of nitrogens with one attached hydrogen (secondary N) is 1. The van der Waals surface area contributed by atoms with Gasteiger partial charge in [-0.25, -0.2) is 10.4 Å². The van der Waals surface area contributed by atoms with Crippen LogP contribution >= 0.6 is 0 Å². The lowest BCUT2D eigenvalue weighted by Gasteiger charge is -2.18. The maximum absolute atomic E-state index is 12.6. The minimum Gasteiger partial charge on any atom is -0.480 e. The first-order valence-electron chi connectivity index (χ1n) is 5.95. The monoisotopic (exact) mass is 298 g/mol. The summed E-state index contributed by atoms with van der Waals surface area (Å²) >= 11 is 0. The average Bonchev–Trinajstić information content (AvgIpc) is 2.48. The smallest absolute Gasteiger partial charge is 0.416 e. The Labute approximate surface area is 118 Å². The van der Waals surface area contributed by atoms with E-state index in [1.54, 1.807) is 0 Å². The molecule has 0 radical (unpaired) electrons. The summed E-state index contributed by atoms with van der Waals surface area (Å²) in [6, 6.07) is 4.02. The van der Waals surface area contributed by atoms with Crippen molar-refractivity contribution < 1.29 is 17.9 Å². The molecule has 5 nitrogen and oxygen atoms in total. The van der Waals surface area contributed by atoms with Gasteiger partial charge in [0, 0.05) is 12.4 Å². The van der Waals surface area contributed by atoms with Crippen LogP contribution in [0, 0.1) is 0 Å². The number of rotatable bonds is 4. The van der Waals surface area contributed by atoms with Crippen LogP contribution in [0.4, 0.5) is 13.2 Å². The molecule has 1 atom stereocenters. The van der Waals surface area contributed by atoms with Gasteiger partial charge >= 0.3 is 6.18 Å². The Kier molecular flexibility index (Phi) is 4.39. The lowest BCUT2D eigenvalue weighted by molar-refractivity contribution is -0.137. The molecule has 0 saturated heterocycles. The first kappa shape index (κ1) is 15.2. The van der Waals surface area contributed by atoms with E-state index < -0.39 is 17.8 Å². The number of halogens is 3. The first-order chi connectivity index (χ1) is 9.97. The number of hydrogen-bond acceptors (Lipinski definition) is 5. The van der Waals surface area contributed by atoms with Crippen molar-refractivity contribution in [1.29, 1.82) is 0 Å². The summed E-state index contributed by atoms with van der Waals surface area (Å²) in [5.41, 5.74) is 2.68. The SMILES string of the molecule is COc1nccnc1C(NN)c1ccc(C(F)(F)F)cc1. The minimum absolute atomic E-state index is 0.250. The van der Waals surface area contributed by atoms with Crippen molar-refractivity contribution in [3.05, 3.63) is 53.5 Å². The number of aromatic nitrogens is 2. The highest BCUT2D eigenvalue weighted by molar-refractivity contribution is 5.34. The Hall–Kier alpha value is -2.19. The molecule has 0 aliphatic carbocycles. The number of nitrogens with zero attached hydrogens (tertiary/aromatic N) is 2. The summed E-state index contributed by atoms with van der Waals surface area (Å²) in [5.74, 6) is 5.74. The van der Waals surface area contributed by atoms with Crippen LogP contribution in [0.5, 0.6) is 5.88 Å². The Morgan fingerprint density at radius 1 is 1.14 bits per heavy atom. The van der Waals surface area contributed by atoms with Crippen LogP contribution in [-0.2, 0) is 6.18 Å². The zero-order chi connectivity index (χ0) is 15.5. The maximum Gasteiger partial charge on any atom is 0.416 e. The van der Waals surface area contributed by atoms with Crippen molar-refractivity contribution in [2.24, 2.45) is 5.84 Å². The van der Waals surface area contributed by atoms with Crippen LogP contribution in [0.3, 0.4) is 0 Å². The summed E-state index contributed by atoms with van der Waals surface area (Å²) in [6.07, 6.45) is -1.48. The predicted octanol–water partition coefficient (Wildman–Crippen LogP) is 2.06. The van der Waals surface area contributed by atoms with E-state index in [4.69, 9.17) is 10.6 Å². The zero-order valence-corrected chi connectivity index (χ0v) is 11.1. The van der Waals surface area contributed by atoms with Gasteiger partial charge in [0.1, 0.15) is 5.69 Å². The number of nitrogens with two attached hydrogens (primary N) is 1. The normalized spacial score (nSPS) is 13.0. The highest BCUT2D eigenvalue weighted by Crippen LogP contribution is 2.31. The molecule has 0 aliphatic heterocycles. The highest BCUT2D eigenvalue weighted by Gasteiger charge is 2.30. The molecule has 2 rings (SSSR count). The molecular formula is C13H13F3N4O. The number of ether oxygens (including phenoxy) is 1. The van der Waals surface area contributed by atoms with E-state index in [0.29, 0.717) is 11.3 Å². The third-order valence-electron chi connectivity index (χ3n) is 2.90. The molecule has 0 bridgehead atoms. The van der Waals surface area contributed by atoms with Crippen molar-refractivity contribution in [1.82, 2.24) is 15.4 Å². The molecular weight excluding hydrogens is 285 g/mol. The summed E-state index contributed by atoms with van der Waals surface area (Å²) in [4.78, 5) is 8.10. The summed E-state index contributed by atoms with van der Waals surface area (Å²) < 4.78 is 42.8. The topological polar surface area (TPSA) is 73.1 Å². The molecule has 0 saturated carbocycles. The molecule has 0 fully saturated rings. The van der Waals surface area contributed by atoms with Crippen molar-refractivity contribution >= 4 is 0 Å². The molecule has 21 heavy (non-hydrogen) atoms. The lowest BCUT2D eigenvalue weighted by atomic mass is 10.0. The number of hydrogen-bond donors (Lipinski definition) is 2. The van der Waals surface area contributed by atoms with Gasteiger partial charge in [-0.3, -0.25) is 10.8 Å². The fourth-order valence-corrected chi connectivity index (χ4v) is 1.89. The second-order valence-corrected chi connectivity index (χ2v) is 4.17. The van der Waals surface area contributed by atoms with E-state index in [1.807, 2.05) is 0 Å². The third kappa shape index (κ3) is 3.29. The maximum atomic E-state index is 12.6. The van der Waals surface area contributed by atoms with Crippen LogP contribution in [0.25, 0.3) is 0 Å². The van der Waals surface area contributed by atoms with Crippen molar-refractivity contribution in [3.63, 3.8) is 0 Å². The molecule has 1 aromatic heterocycles. The Balaban J connectivity index is 2.38. The molecule has 2 aromatic rings. The Morgan fingerprint density at radius 2 is 1.76 bits per heavy atom. The van der Waals surface area contributed by atoms with Crippen LogP contribution in [-0.4, -0.2) is 17.1 Å². The third-order valence-corrected chi connectivity index (χ3v) is 2.90. The fraction of sp³-hybridized carbons (Fsp3) is 0.231. The minimum atomic E-state index is -4.38. The second-order valence-electron chi connectivity index (χ2n) is 4.17. The van der Waals surface area contributed by atoms with Crippen LogP contribution in [0.1, 0.15) is 22.9 Å². The van der Waals surface area contributed by atoms with Crippen LogP contribution in [0.2, 0.25) is 0 Å². The Bertz CT molecular complexity index is 601. The molecule has 1 unspecified atom stereocenters. The van der Waals surface area contributed by atoms with Crippen LogP contribution in [0.15, 0.2) is 36.7 Å². The Morgan fingerprint density at radius 3 is 2.29 bits per heavy atom. The summed E-state index contributed by atoms with van der Waals surface area (Å²) in [5, 5.41) is 0. The van der Waals surface area contributed by atoms with Gasteiger partial charge in [0.25, 0.3) is 0 Å². The van der Waals surface area contributed by atoms with Crippen LogP contribution < -0.4 is 16.0 Å². The number of methoxy groups -OCH3 is 1. The number of alkyl halides is 3. The molecule has 0 amide bonds. The molecule has 1 heterocycles. The van der Waals surface area contributed by atoms with E-state index in [-0.39, 0.29) is 5.88 Å². The van der Waals surface area contributed by atoms with Gasteiger partial charge in [-0.1, -0.05) is 12.1 Å². The van der Waals surface area contributed by atoms with Gasteiger partial charge in [-0.05, 0) is 17.7 Å². The zero-order valence-electron chi connectivity index (χ0n) is 11.1. The predicted molar refractivity (Wildman–Crippen MR) is 69.2 cm³/mol. The molecule has 112 valence electrons. The standard InChI is InChI=1S/C13H13F3N4O/c1-21-12-11(18-6-7-19-12)10(20-17)8-2-4-9(5-3-8)13(14,15)16/h2-7,10,20H,17H2,1H3. The van der Waals surface area contributed by atoms with E-state index >= 15 is 0 Å². The summed E-state index contributed by atoms with van der Waals surface area (Å²) in [7, 11) is 1.42. The largest absolute Gasteiger partial charge is 0.480 e. The quantitative estimate of drug-likeness (QED) is 0.667. The van der Waals surface area contributed by atoms with Crippen molar-refractivity contribution in [3.8, 4) is 5.88 Å². The van der Waals surface area contributed by atoms with Gasteiger partial charge in [0.05, 0.1) is 18.7 Å². The first-order valence-corrected chi connectivity index (χ1v) is 5.95. The molecule has 0 aliphatic rings. The summed E-state index contributed by atoms with van der Waals surface area (Å²) in [6.45, 7) is 0. The highest BCUT2D eigenvalue weighted by atomic mass is 19.4. The molecule has 0 spiro atoms. The average molecular weight is 298 g/mol. The van der Waals surface area contributed by atoms with Gasteiger partial charge in [-0.2, -0.15) is 13.2 Å². The lowest BCUT2D eigenvalue weighted by Crippen LogP contribution is -2.30.